The maximum Gasteiger partial charge on any atom is 0.186 e. The monoisotopic (exact) mass is 232 g/mol. The largest absolute Gasteiger partial charge is 0.289 e. The zero-order valence-corrected chi connectivity index (χ0v) is 9.50. The van der Waals surface area contributed by atoms with E-state index in [0.717, 1.165) is 0 Å². The fourth-order valence-corrected chi connectivity index (χ4v) is 1.92. The van der Waals surface area contributed by atoms with Crippen molar-refractivity contribution in [1.29, 1.82) is 0 Å². The van der Waals surface area contributed by atoms with E-state index in [9.17, 15) is 9.59 Å². The van der Waals surface area contributed by atoms with E-state index in [1.54, 1.807) is 13.8 Å². The van der Waals surface area contributed by atoms with Gasteiger partial charge >= 0.3 is 0 Å². The first-order valence-corrected chi connectivity index (χ1v) is 5.22. The molecule has 1 aliphatic carbocycles. The Labute approximate surface area is 92.6 Å². The lowest BCUT2D eigenvalue weighted by molar-refractivity contribution is -0.116. The molecule has 0 bridgehead atoms. The number of alkyl halides is 2. The average Bonchev–Trinajstić information content (AvgIpc) is 2.20. The SMILES string of the molecule is CC1=C(C)C(=O)C(CCl)=C(CCl)C1=O. The Morgan fingerprint density at radius 3 is 1.36 bits per heavy atom. The fraction of sp³-hybridized carbons (Fsp3) is 0.400. The van der Waals surface area contributed by atoms with Crippen molar-refractivity contribution >= 4 is 34.8 Å². The van der Waals surface area contributed by atoms with Crippen molar-refractivity contribution in [3.8, 4) is 0 Å². The summed E-state index contributed by atoms with van der Waals surface area (Å²) in [7, 11) is 0. The zero-order valence-electron chi connectivity index (χ0n) is 7.99. The normalized spacial score (nSPS) is 18.3. The molecular formula is C10H10Cl2O2. The third kappa shape index (κ3) is 1.64. The molecular weight excluding hydrogens is 223 g/mol. The van der Waals surface area contributed by atoms with Gasteiger partial charge in [0, 0.05) is 22.3 Å². The molecule has 0 aliphatic heterocycles. The van der Waals surface area contributed by atoms with Crippen molar-refractivity contribution in [1.82, 2.24) is 0 Å². The van der Waals surface area contributed by atoms with Crippen LogP contribution in [0.3, 0.4) is 0 Å². The van der Waals surface area contributed by atoms with Crippen LogP contribution in [0.5, 0.6) is 0 Å². The van der Waals surface area contributed by atoms with Gasteiger partial charge in [0.2, 0.25) is 0 Å². The predicted molar refractivity (Wildman–Crippen MR) is 56.9 cm³/mol. The lowest BCUT2D eigenvalue weighted by atomic mass is 9.87. The maximum absolute atomic E-state index is 11.7. The molecule has 0 atom stereocenters. The molecule has 0 aromatic heterocycles. The minimum atomic E-state index is -0.159. The Balaban J connectivity index is 3.31. The van der Waals surface area contributed by atoms with Gasteiger partial charge in [-0.2, -0.15) is 0 Å². The van der Waals surface area contributed by atoms with E-state index in [4.69, 9.17) is 23.2 Å². The molecule has 0 radical (unpaired) electrons. The van der Waals surface area contributed by atoms with E-state index in [2.05, 4.69) is 0 Å². The van der Waals surface area contributed by atoms with Gasteiger partial charge in [-0.3, -0.25) is 9.59 Å². The molecule has 0 aromatic rings. The third-order valence-electron chi connectivity index (χ3n) is 2.42. The second-order valence-electron chi connectivity index (χ2n) is 3.13. The van der Waals surface area contributed by atoms with E-state index >= 15 is 0 Å². The van der Waals surface area contributed by atoms with Crippen LogP contribution in [0.25, 0.3) is 0 Å². The zero-order chi connectivity index (χ0) is 10.9. The van der Waals surface area contributed by atoms with Crippen molar-refractivity contribution in [3.05, 3.63) is 22.3 Å². The minimum absolute atomic E-state index is 0.0389. The average molecular weight is 233 g/mol. The van der Waals surface area contributed by atoms with Crippen molar-refractivity contribution < 1.29 is 9.59 Å². The van der Waals surface area contributed by atoms with Gasteiger partial charge in [0.25, 0.3) is 0 Å². The van der Waals surface area contributed by atoms with Gasteiger partial charge < -0.3 is 0 Å². The molecule has 0 heterocycles. The van der Waals surface area contributed by atoms with Gasteiger partial charge in [0.05, 0.1) is 11.8 Å². The predicted octanol–water partition coefficient (Wildman–Crippen LogP) is 2.25. The molecule has 0 saturated heterocycles. The second kappa shape index (κ2) is 4.28. The van der Waals surface area contributed by atoms with Gasteiger partial charge in [-0.05, 0) is 13.8 Å². The van der Waals surface area contributed by atoms with Crippen LogP contribution in [-0.4, -0.2) is 23.3 Å². The quantitative estimate of drug-likeness (QED) is 0.541. The van der Waals surface area contributed by atoms with Crippen LogP contribution in [0.2, 0.25) is 0 Å². The van der Waals surface area contributed by atoms with Crippen molar-refractivity contribution in [3.63, 3.8) is 0 Å². The number of carbonyl (C=O) groups excluding carboxylic acids is 2. The van der Waals surface area contributed by atoms with Gasteiger partial charge in [-0.25, -0.2) is 0 Å². The summed E-state index contributed by atoms with van der Waals surface area (Å²) in [5, 5.41) is 0. The highest BCUT2D eigenvalue weighted by atomic mass is 35.5. The lowest BCUT2D eigenvalue weighted by Gasteiger charge is -2.17. The van der Waals surface area contributed by atoms with Crippen LogP contribution in [0.1, 0.15) is 13.8 Å². The first-order chi connectivity index (χ1) is 6.54. The Morgan fingerprint density at radius 2 is 1.14 bits per heavy atom. The third-order valence-corrected chi connectivity index (χ3v) is 2.96. The fourth-order valence-electron chi connectivity index (χ4n) is 1.35. The highest BCUT2D eigenvalue weighted by Crippen LogP contribution is 2.25. The number of halogens is 2. The lowest BCUT2D eigenvalue weighted by Crippen LogP contribution is -2.23. The van der Waals surface area contributed by atoms with Crippen LogP contribution in [0, 0.1) is 0 Å². The molecule has 14 heavy (non-hydrogen) atoms. The first kappa shape index (κ1) is 11.5. The standard InChI is InChI=1S/C10H10Cl2O2/c1-5-6(2)10(14)8(4-12)7(3-11)9(5)13/h3-4H2,1-2H3. The van der Waals surface area contributed by atoms with Gasteiger partial charge in [0.1, 0.15) is 0 Å². The van der Waals surface area contributed by atoms with E-state index in [-0.39, 0.29) is 23.3 Å². The molecule has 0 unspecified atom stereocenters. The Kier molecular flexibility index (Phi) is 3.51. The summed E-state index contributed by atoms with van der Waals surface area (Å²) in [5.41, 5.74) is 1.63. The molecule has 0 saturated carbocycles. The van der Waals surface area contributed by atoms with Crippen molar-refractivity contribution in [2.75, 3.05) is 11.8 Å². The number of ketones is 2. The Bertz CT molecular complexity index is 330. The summed E-state index contributed by atoms with van der Waals surface area (Å²) in [6.07, 6.45) is 0. The summed E-state index contributed by atoms with van der Waals surface area (Å²) in [6, 6.07) is 0. The topological polar surface area (TPSA) is 34.1 Å². The van der Waals surface area contributed by atoms with Crippen LogP contribution in [0.15, 0.2) is 22.3 Å². The molecule has 0 fully saturated rings. The minimum Gasteiger partial charge on any atom is -0.289 e. The van der Waals surface area contributed by atoms with E-state index in [0.29, 0.717) is 22.3 Å². The number of rotatable bonds is 2. The summed E-state index contributed by atoms with van der Waals surface area (Å²) in [5.74, 6) is -0.241. The molecule has 0 N–H and O–H groups in total. The molecule has 76 valence electrons. The van der Waals surface area contributed by atoms with Crippen LogP contribution in [-0.2, 0) is 9.59 Å². The Hall–Kier alpha value is -0.600. The summed E-state index contributed by atoms with van der Waals surface area (Å²) in [4.78, 5) is 23.3. The van der Waals surface area contributed by atoms with Crippen molar-refractivity contribution in [2.24, 2.45) is 0 Å². The van der Waals surface area contributed by atoms with Crippen LogP contribution >= 0.6 is 23.2 Å². The van der Waals surface area contributed by atoms with E-state index in [1.165, 1.54) is 0 Å². The summed E-state index contributed by atoms with van der Waals surface area (Å²) < 4.78 is 0. The molecule has 2 nitrogen and oxygen atoms in total. The number of hydrogen-bond donors (Lipinski definition) is 0. The van der Waals surface area contributed by atoms with Gasteiger partial charge in [0.15, 0.2) is 11.6 Å². The highest BCUT2D eigenvalue weighted by molar-refractivity contribution is 6.34. The summed E-state index contributed by atoms with van der Waals surface area (Å²) in [6.45, 7) is 3.26. The molecule has 0 aromatic carbocycles. The summed E-state index contributed by atoms with van der Waals surface area (Å²) >= 11 is 11.2. The molecule has 1 aliphatic rings. The number of Topliss-reactive ketones (excluding diaryl/α,β-unsaturated/α-hetero) is 2. The van der Waals surface area contributed by atoms with Crippen LogP contribution in [0.4, 0.5) is 0 Å². The van der Waals surface area contributed by atoms with E-state index < -0.39 is 0 Å². The maximum atomic E-state index is 11.7. The number of carbonyl (C=O) groups is 2. The molecule has 0 spiro atoms. The first-order valence-electron chi connectivity index (χ1n) is 4.15. The molecule has 1 rings (SSSR count). The van der Waals surface area contributed by atoms with Crippen molar-refractivity contribution in [2.45, 2.75) is 13.8 Å². The second-order valence-corrected chi connectivity index (χ2v) is 3.67. The van der Waals surface area contributed by atoms with E-state index in [1.807, 2.05) is 0 Å². The smallest absolute Gasteiger partial charge is 0.186 e. The van der Waals surface area contributed by atoms with Gasteiger partial charge in [-0.1, -0.05) is 0 Å². The Morgan fingerprint density at radius 1 is 0.857 bits per heavy atom. The number of allylic oxidation sites excluding steroid dienone is 4. The van der Waals surface area contributed by atoms with Gasteiger partial charge in [-0.15, -0.1) is 23.2 Å². The number of hydrogen-bond acceptors (Lipinski definition) is 2. The molecule has 4 heteroatoms. The van der Waals surface area contributed by atoms with Crippen LogP contribution < -0.4 is 0 Å². The highest BCUT2D eigenvalue weighted by Gasteiger charge is 2.28. The molecule has 0 amide bonds.